The van der Waals surface area contributed by atoms with Gasteiger partial charge in [-0.15, -0.1) is 21.5 Å². The molecule has 0 aliphatic carbocycles. The minimum Gasteiger partial charge on any atom is -0.301 e. The second kappa shape index (κ2) is 6.36. The van der Waals surface area contributed by atoms with E-state index >= 15 is 0 Å². The van der Waals surface area contributed by atoms with Crippen LogP contribution in [0.25, 0.3) is 0 Å². The normalized spacial score (nSPS) is 10.2. The average molecular weight is 281 g/mol. The molecule has 2 aromatic heterocycles. The van der Waals surface area contributed by atoms with Gasteiger partial charge in [-0.2, -0.15) is 0 Å². The number of hydrogen-bond donors (Lipinski definition) is 1. The van der Waals surface area contributed by atoms with E-state index in [-0.39, 0.29) is 11.7 Å². The maximum atomic E-state index is 11.7. The molecule has 7 heteroatoms. The van der Waals surface area contributed by atoms with Gasteiger partial charge >= 0.3 is 0 Å². The van der Waals surface area contributed by atoms with Gasteiger partial charge in [0.05, 0.1) is 4.88 Å². The SMILES string of the molecule is O=C(CCCC(=O)c1cccs1)Nc1nncs1. The molecule has 0 bridgehead atoms. The second-order valence-corrected chi connectivity index (χ2v) is 5.33. The van der Waals surface area contributed by atoms with Gasteiger partial charge in [0.1, 0.15) is 5.51 Å². The number of Topliss-reactive ketones (excluding diaryl/α,β-unsaturated/α-hetero) is 1. The zero-order chi connectivity index (χ0) is 12.8. The van der Waals surface area contributed by atoms with Crippen LogP contribution in [0.5, 0.6) is 0 Å². The molecule has 0 aromatic carbocycles. The summed E-state index contributed by atoms with van der Waals surface area (Å²) in [5.74, 6) is -0.0422. The molecule has 1 amide bonds. The lowest BCUT2D eigenvalue weighted by Gasteiger charge is -2.00. The smallest absolute Gasteiger partial charge is 0.226 e. The molecule has 0 saturated carbocycles. The van der Waals surface area contributed by atoms with E-state index < -0.39 is 0 Å². The van der Waals surface area contributed by atoms with Gasteiger partial charge in [0.2, 0.25) is 11.0 Å². The van der Waals surface area contributed by atoms with Crippen molar-refractivity contribution < 1.29 is 9.59 Å². The van der Waals surface area contributed by atoms with Crippen LogP contribution in [0.4, 0.5) is 5.13 Å². The Labute approximate surface area is 112 Å². The fraction of sp³-hybridized carbons (Fsp3) is 0.273. The van der Waals surface area contributed by atoms with Crippen molar-refractivity contribution in [1.82, 2.24) is 10.2 Å². The molecule has 0 atom stereocenters. The van der Waals surface area contributed by atoms with Crippen molar-refractivity contribution in [2.24, 2.45) is 0 Å². The van der Waals surface area contributed by atoms with Gasteiger partial charge in [-0.25, -0.2) is 0 Å². The monoisotopic (exact) mass is 281 g/mol. The van der Waals surface area contributed by atoms with Crippen molar-refractivity contribution in [2.75, 3.05) is 5.32 Å². The van der Waals surface area contributed by atoms with Crippen LogP contribution in [0.3, 0.4) is 0 Å². The Morgan fingerprint density at radius 3 is 2.83 bits per heavy atom. The maximum absolute atomic E-state index is 11.7. The highest BCUT2D eigenvalue weighted by Crippen LogP contribution is 2.14. The van der Waals surface area contributed by atoms with Crippen LogP contribution in [0, 0.1) is 0 Å². The van der Waals surface area contributed by atoms with Crippen LogP contribution in [-0.4, -0.2) is 21.9 Å². The number of anilines is 1. The third-order valence-corrected chi connectivity index (χ3v) is 3.73. The van der Waals surface area contributed by atoms with Gasteiger partial charge in [0.15, 0.2) is 5.78 Å². The standard InChI is InChI=1S/C11H11N3O2S2/c15-8(9-4-2-6-17-9)3-1-5-10(16)13-11-14-12-7-18-11/h2,4,6-7H,1,3,5H2,(H,13,14,16). The number of carbonyl (C=O) groups is 2. The summed E-state index contributed by atoms with van der Waals surface area (Å²) in [5, 5.41) is 12.3. The molecule has 5 nitrogen and oxygen atoms in total. The molecule has 0 fully saturated rings. The van der Waals surface area contributed by atoms with Gasteiger partial charge in [-0.1, -0.05) is 17.4 Å². The minimum atomic E-state index is -0.134. The molecule has 2 heterocycles. The maximum Gasteiger partial charge on any atom is 0.226 e. The average Bonchev–Trinajstić information content (AvgIpc) is 3.00. The van der Waals surface area contributed by atoms with E-state index in [0.29, 0.717) is 24.4 Å². The van der Waals surface area contributed by atoms with E-state index in [9.17, 15) is 9.59 Å². The number of hydrogen-bond acceptors (Lipinski definition) is 6. The molecule has 2 rings (SSSR count). The lowest BCUT2D eigenvalue weighted by atomic mass is 10.1. The Kier molecular flexibility index (Phi) is 4.54. The number of ketones is 1. The van der Waals surface area contributed by atoms with Crippen molar-refractivity contribution in [1.29, 1.82) is 0 Å². The van der Waals surface area contributed by atoms with Crippen molar-refractivity contribution in [2.45, 2.75) is 19.3 Å². The van der Waals surface area contributed by atoms with Gasteiger partial charge in [0.25, 0.3) is 0 Å². The summed E-state index contributed by atoms with van der Waals surface area (Å²) in [6, 6.07) is 3.65. The first kappa shape index (κ1) is 12.8. The van der Waals surface area contributed by atoms with Crippen LogP contribution >= 0.6 is 22.7 Å². The predicted molar refractivity (Wildman–Crippen MR) is 71.0 cm³/mol. The van der Waals surface area contributed by atoms with E-state index in [2.05, 4.69) is 15.5 Å². The minimum absolute atomic E-state index is 0.0914. The van der Waals surface area contributed by atoms with Crippen molar-refractivity contribution in [3.8, 4) is 0 Å². The number of aromatic nitrogens is 2. The predicted octanol–water partition coefficient (Wildman–Crippen LogP) is 2.59. The summed E-state index contributed by atoms with van der Waals surface area (Å²) in [4.78, 5) is 23.9. The number of amides is 1. The molecule has 0 spiro atoms. The third-order valence-electron chi connectivity index (χ3n) is 2.21. The molecular weight excluding hydrogens is 270 g/mol. The van der Waals surface area contributed by atoms with Crippen LogP contribution in [-0.2, 0) is 4.79 Å². The second-order valence-electron chi connectivity index (χ2n) is 3.55. The summed E-state index contributed by atoms with van der Waals surface area (Å²) >= 11 is 2.70. The summed E-state index contributed by atoms with van der Waals surface area (Å²) in [7, 11) is 0. The molecule has 2 aromatic rings. The number of thiophene rings is 1. The van der Waals surface area contributed by atoms with Gasteiger partial charge in [-0.3, -0.25) is 9.59 Å². The van der Waals surface area contributed by atoms with Crippen LogP contribution < -0.4 is 5.32 Å². The van der Waals surface area contributed by atoms with Gasteiger partial charge in [0, 0.05) is 12.8 Å². The summed E-state index contributed by atoms with van der Waals surface area (Å²) in [5.41, 5.74) is 1.55. The molecular formula is C11H11N3O2S2. The Morgan fingerprint density at radius 2 is 2.17 bits per heavy atom. The van der Waals surface area contributed by atoms with E-state index in [0.717, 1.165) is 4.88 Å². The highest BCUT2D eigenvalue weighted by molar-refractivity contribution is 7.13. The van der Waals surface area contributed by atoms with Crippen LogP contribution in [0.15, 0.2) is 23.0 Å². The first-order chi connectivity index (χ1) is 8.75. The first-order valence-electron chi connectivity index (χ1n) is 5.38. The first-order valence-corrected chi connectivity index (χ1v) is 7.14. The summed E-state index contributed by atoms with van der Waals surface area (Å²) in [6.45, 7) is 0. The third kappa shape index (κ3) is 3.71. The Hall–Kier alpha value is -1.60. The molecule has 18 heavy (non-hydrogen) atoms. The molecule has 0 aliphatic heterocycles. The Morgan fingerprint density at radius 1 is 1.28 bits per heavy atom. The van der Waals surface area contributed by atoms with Crippen LogP contribution in [0.1, 0.15) is 28.9 Å². The van der Waals surface area contributed by atoms with Crippen molar-refractivity contribution in [3.05, 3.63) is 27.9 Å². The quantitative estimate of drug-likeness (QED) is 0.826. The summed E-state index contributed by atoms with van der Waals surface area (Å²) < 4.78 is 0. The molecule has 1 N–H and O–H groups in total. The highest BCUT2D eigenvalue weighted by atomic mass is 32.1. The Balaban J connectivity index is 1.69. The molecule has 0 aliphatic rings. The number of nitrogens with one attached hydrogen (secondary N) is 1. The van der Waals surface area contributed by atoms with Crippen molar-refractivity contribution in [3.63, 3.8) is 0 Å². The van der Waals surface area contributed by atoms with Gasteiger partial charge < -0.3 is 5.32 Å². The lowest BCUT2D eigenvalue weighted by molar-refractivity contribution is -0.116. The van der Waals surface area contributed by atoms with E-state index in [1.807, 2.05) is 11.4 Å². The fourth-order valence-corrected chi connectivity index (χ4v) is 2.53. The van der Waals surface area contributed by atoms with E-state index in [1.165, 1.54) is 22.7 Å². The zero-order valence-corrected chi connectivity index (χ0v) is 11.1. The van der Waals surface area contributed by atoms with E-state index in [1.54, 1.807) is 11.6 Å². The van der Waals surface area contributed by atoms with Crippen molar-refractivity contribution >= 4 is 39.5 Å². The van der Waals surface area contributed by atoms with E-state index in [4.69, 9.17) is 0 Å². The molecule has 0 unspecified atom stereocenters. The molecule has 0 radical (unpaired) electrons. The largest absolute Gasteiger partial charge is 0.301 e. The number of carbonyl (C=O) groups excluding carboxylic acids is 2. The molecule has 0 saturated heterocycles. The topological polar surface area (TPSA) is 72.0 Å². The highest BCUT2D eigenvalue weighted by Gasteiger charge is 2.09. The lowest BCUT2D eigenvalue weighted by Crippen LogP contribution is -2.11. The zero-order valence-electron chi connectivity index (χ0n) is 9.46. The Bertz CT molecular complexity index is 508. The number of nitrogens with zero attached hydrogens (tertiary/aromatic N) is 2. The fourth-order valence-electron chi connectivity index (χ4n) is 1.38. The molecule has 94 valence electrons. The number of rotatable bonds is 6. The summed E-state index contributed by atoms with van der Waals surface area (Å²) in [6.07, 6.45) is 1.25. The van der Waals surface area contributed by atoms with Gasteiger partial charge in [-0.05, 0) is 17.9 Å². The van der Waals surface area contributed by atoms with Crippen LogP contribution in [0.2, 0.25) is 0 Å².